The summed E-state index contributed by atoms with van der Waals surface area (Å²) in [5.41, 5.74) is 1.76. The third-order valence-electron chi connectivity index (χ3n) is 6.16. The van der Waals surface area contributed by atoms with E-state index in [1.165, 1.54) is 51.1 Å². The monoisotopic (exact) mass is 371 g/mol. The van der Waals surface area contributed by atoms with E-state index in [2.05, 4.69) is 69.6 Å². The Morgan fingerprint density at radius 1 is 1.07 bits per heavy atom. The van der Waals surface area contributed by atoms with E-state index in [-0.39, 0.29) is 0 Å². The lowest BCUT2D eigenvalue weighted by Crippen LogP contribution is -2.49. The molecule has 0 aromatic heterocycles. The number of likely N-dealkylation sites (N-methyl/N-ethyl adjacent to an activating group) is 1. The standard InChI is InChI=1S/C22H37N5/c1-4-26-12-14-27(15-13-26)17-19(2)16-24-21(23-3)25-18-22(10-11-22)20-8-6-5-7-9-20/h5-9,19H,4,10-18H2,1-3H3,(H2,23,24,25). The molecule has 1 aromatic carbocycles. The van der Waals surface area contributed by atoms with E-state index in [1.54, 1.807) is 0 Å². The van der Waals surface area contributed by atoms with Gasteiger partial charge in [0.15, 0.2) is 5.96 Å². The summed E-state index contributed by atoms with van der Waals surface area (Å²) in [7, 11) is 1.87. The van der Waals surface area contributed by atoms with Crippen LogP contribution < -0.4 is 10.6 Å². The number of aliphatic imine (C=N–C) groups is 1. The highest BCUT2D eigenvalue weighted by atomic mass is 15.3. The Bertz CT molecular complexity index is 588. The van der Waals surface area contributed by atoms with Gasteiger partial charge in [-0.3, -0.25) is 4.99 Å². The van der Waals surface area contributed by atoms with Crippen molar-refractivity contribution in [2.24, 2.45) is 10.9 Å². The molecule has 2 fully saturated rings. The third kappa shape index (κ3) is 5.69. The van der Waals surface area contributed by atoms with Crippen LogP contribution in [0.1, 0.15) is 32.3 Å². The molecule has 3 rings (SSSR count). The fourth-order valence-corrected chi connectivity index (χ4v) is 4.05. The zero-order chi connectivity index (χ0) is 19.1. The molecule has 1 aromatic rings. The van der Waals surface area contributed by atoms with Crippen LogP contribution in [0.4, 0.5) is 0 Å². The first-order valence-electron chi connectivity index (χ1n) is 10.6. The molecule has 5 nitrogen and oxygen atoms in total. The SMILES string of the molecule is CCN1CCN(CC(C)CNC(=NC)NCC2(c3ccccc3)CC2)CC1. The van der Waals surface area contributed by atoms with Crippen LogP contribution in [-0.2, 0) is 5.41 Å². The topological polar surface area (TPSA) is 42.9 Å². The molecule has 2 aliphatic rings. The minimum Gasteiger partial charge on any atom is -0.356 e. The fraction of sp³-hybridized carbons (Fsp3) is 0.682. The van der Waals surface area contributed by atoms with Crippen molar-refractivity contribution in [3.63, 3.8) is 0 Å². The molecule has 1 saturated heterocycles. The van der Waals surface area contributed by atoms with Gasteiger partial charge < -0.3 is 20.4 Å². The Labute approximate surface area is 165 Å². The molecule has 150 valence electrons. The molecule has 1 unspecified atom stereocenters. The Balaban J connectivity index is 1.38. The van der Waals surface area contributed by atoms with E-state index in [9.17, 15) is 0 Å². The second-order valence-corrected chi connectivity index (χ2v) is 8.29. The van der Waals surface area contributed by atoms with Gasteiger partial charge in [-0.15, -0.1) is 0 Å². The van der Waals surface area contributed by atoms with Crippen molar-refractivity contribution >= 4 is 5.96 Å². The van der Waals surface area contributed by atoms with E-state index < -0.39 is 0 Å². The van der Waals surface area contributed by atoms with Crippen molar-refractivity contribution in [1.29, 1.82) is 0 Å². The molecule has 0 bridgehead atoms. The van der Waals surface area contributed by atoms with Gasteiger partial charge in [0, 0.05) is 58.3 Å². The first-order chi connectivity index (χ1) is 13.1. The van der Waals surface area contributed by atoms with E-state index >= 15 is 0 Å². The number of hydrogen-bond donors (Lipinski definition) is 2. The van der Waals surface area contributed by atoms with E-state index in [4.69, 9.17) is 0 Å². The van der Waals surface area contributed by atoms with Crippen LogP contribution >= 0.6 is 0 Å². The number of nitrogens with zero attached hydrogens (tertiary/aromatic N) is 3. The summed E-state index contributed by atoms with van der Waals surface area (Å²) in [6.07, 6.45) is 2.53. The maximum absolute atomic E-state index is 4.43. The van der Waals surface area contributed by atoms with E-state index in [0.717, 1.165) is 25.6 Å². The molecule has 0 spiro atoms. The number of benzene rings is 1. The van der Waals surface area contributed by atoms with Crippen LogP contribution in [0.25, 0.3) is 0 Å². The lowest BCUT2D eigenvalue weighted by Gasteiger charge is -2.35. The predicted octanol–water partition coefficient (Wildman–Crippen LogP) is 2.16. The lowest BCUT2D eigenvalue weighted by molar-refractivity contribution is 0.124. The quantitative estimate of drug-likeness (QED) is 0.543. The largest absolute Gasteiger partial charge is 0.356 e. The maximum Gasteiger partial charge on any atom is 0.191 e. The summed E-state index contributed by atoms with van der Waals surface area (Å²) in [6, 6.07) is 10.9. The Kier molecular flexibility index (Phi) is 7.13. The van der Waals surface area contributed by atoms with Crippen molar-refractivity contribution in [2.45, 2.75) is 32.1 Å². The molecule has 5 heteroatoms. The Hall–Kier alpha value is -1.59. The molecule has 2 N–H and O–H groups in total. The van der Waals surface area contributed by atoms with Crippen LogP contribution in [0.3, 0.4) is 0 Å². The zero-order valence-electron chi connectivity index (χ0n) is 17.4. The summed E-state index contributed by atoms with van der Waals surface area (Å²) in [5, 5.41) is 7.09. The predicted molar refractivity (Wildman–Crippen MR) is 114 cm³/mol. The number of nitrogens with one attached hydrogen (secondary N) is 2. The molecule has 0 radical (unpaired) electrons. The van der Waals surface area contributed by atoms with Gasteiger partial charge in [-0.25, -0.2) is 0 Å². The van der Waals surface area contributed by atoms with Crippen molar-refractivity contribution < 1.29 is 0 Å². The van der Waals surface area contributed by atoms with Gasteiger partial charge in [0.1, 0.15) is 0 Å². The summed E-state index contributed by atoms with van der Waals surface area (Å²) in [6.45, 7) is 13.7. The van der Waals surface area contributed by atoms with Gasteiger partial charge in [-0.05, 0) is 30.9 Å². The summed E-state index contributed by atoms with van der Waals surface area (Å²) >= 11 is 0. The third-order valence-corrected chi connectivity index (χ3v) is 6.16. The number of guanidine groups is 1. The second kappa shape index (κ2) is 9.56. The van der Waals surface area contributed by atoms with Crippen molar-refractivity contribution in [1.82, 2.24) is 20.4 Å². The number of piperazine rings is 1. The molecule has 0 amide bonds. The minimum atomic E-state index is 0.309. The van der Waals surface area contributed by atoms with Crippen molar-refractivity contribution in [3.8, 4) is 0 Å². The minimum absolute atomic E-state index is 0.309. The molecule has 1 aliphatic heterocycles. The lowest BCUT2D eigenvalue weighted by atomic mass is 9.96. The van der Waals surface area contributed by atoms with Gasteiger partial charge in [-0.2, -0.15) is 0 Å². The zero-order valence-corrected chi connectivity index (χ0v) is 17.4. The van der Waals surface area contributed by atoms with Crippen molar-refractivity contribution in [2.75, 3.05) is 59.4 Å². The Morgan fingerprint density at radius 3 is 2.33 bits per heavy atom. The van der Waals surface area contributed by atoms with Crippen LogP contribution in [0.2, 0.25) is 0 Å². The highest BCUT2D eigenvalue weighted by Crippen LogP contribution is 2.47. The van der Waals surface area contributed by atoms with Gasteiger partial charge in [0.25, 0.3) is 0 Å². The molecule has 27 heavy (non-hydrogen) atoms. The van der Waals surface area contributed by atoms with Gasteiger partial charge in [0.05, 0.1) is 0 Å². The van der Waals surface area contributed by atoms with Gasteiger partial charge >= 0.3 is 0 Å². The number of hydrogen-bond acceptors (Lipinski definition) is 3. The highest BCUT2D eigenvalue weighted by Gasteiger charge is 2.44. The number of rotatable bonds is 8. The normalized spacial score (nSPS) is 21.7. The van der Waals surface area contributed by atoms with Crippen molar-refractivity contribution in [3.05, 3.63) is 35.9 Å². The molecule has 1 aliphatic carbocycles. The fourth-order valence-electron chi connectivity index (χ4n) is 4.05. The molecular formula is C22H37N5. The first kappa shape index (κ1) is 20.2. The molecule has 1 saturated carbocycles. The summed E-state index contributed by atoms with van der Waals surface area (Å²) in [5.74, 6) is 1.54. The maximum atomic E-state index is 4.43. The second-order valence-electron chi connectivity index (χ2n) is 8.29. The van der Waals surface area contributed by atoms with Gasteiger partial charge in [0.2, 0.25) is 0 Å². The average molecular weight is 372 g/mol. The van der Waals surface area contributed by atoms with Crippen LogP contribution in [0.5, 0.6) is 0 Å². The van der Waals surface area contributed by atoms with Gasteiger partial charge in [-0.1, -0.05) is 44.2 Å². The van der Waals surface area contributed by atoms with Crippen LogP contribution in [0.15, 0.2) is 35.3 Å². The summed E-state index contributed by atoms with van der Waals surface area (Å²) in [4.78, 5) is 9.56. The smallest absolute Gasteiger partial charge is 0.191 e. The highest BCUT2D eigenvalue weighted by molar-refractivity contribution is 5.79. The summed E-state index contributed by atoms with van der Waals surface area (Å²) < 4.78 is 0. The molecule has 1 atom stereocenters. The Morgan fingerprint density at radius 2 is 1.74 bits per heavy atom. The molecular weight excluding hydrogens is 334 g/mol. The molecule has 1 heterocycles. The van der Waals surface area contributed by atoms with E-state index in [1.807, 2.05) is 7.05 Å². The van der Waals surface area contributed by atoms with E-state index in [0.29, 0.717) is 11.3 Å². The van der Waals surface area contributed by atoms with Crippen LogP contribution in [-0.4, -0.2) is 75.2 Å². The first-order valence-corrected chi connectivity index (χ1v) is 10.6. The average Bonchev–Trinajstić information content (AvgIpc) is 3.50. The van der Waals surface area contributed by atoms with Crippen LogP contribution in [0, 0.1) is 5.92 Å².